The standard InChI is InChI=1S/C28H32BrN3O4S/c1-20(2)30-28(34)22(4)31(18-23-12-14-24(29)15-13-23)27(33)19-32(25-8-6-5-7-9-25)37(35,36)26-16-10-21(3)11-17-26/h5-17,20,22H,18-19H2,1-4H3,(H,30,34)/t22-/m0/s1. The molecule has 3 rings (SSSR count). The Morgan fingerprint density at radius 3 is 2.05 bits per heavy atom. The molecule has 0 fully saturated rings. The summed E-state index contributed by atoms with van der Waals surface area (Å²) < 4.78 is 29.4. The Labute approximate surface area is 227 Å². The predicted octanol–water partition coefficient (Wildman–Crippen LogP) is 4.89. The average molecular weight is 587 g/mol. The molecule has 0 unspecified atom stereocenters. The highest BCUT2D eigenvalue weighted by Crippen LogP contribution is 2.25. The number of aryl methyl sites for hydroxylation is 1. The van der Waals surface area contributed by atoms with Crippen LogP contribution in [0.15, 0.2) is 88.2 Å². The molecule has 0 saturated heterocycles. The van der Waals surface area contributed by atoms with Crippen molar-refractivity contribution in [1.29, 1.82) is 0 Å². The van der Waals surface area contributed by atoms with Crippen LogP contribution in [-0.4, -0.2) is 43.8 Å². The van der Waals surface area contributed by atoms with Gasteiger partial charge in [0.2, 0.25) is 11.8 Å². The highest BCUT2D eigenvalue weighted by molar-refractivity contribution is 9.10. The molecule has 0 radical (unpaired) electrons. The van der Waals surface area contributed by atoms with Crippen LogP contribution in [0.25, 0.3) is 0 Å². The normalized spacial score (nSPS) is 12.2. The molecule has 3 aromatic rings. The Morgan fingerprint density at radius 1 is 0.892 bits per heavy atom. The zero-order chi connectivity index (χ0) is 27.2. The second-order valence-electron chi connectivity index (χ2n) is 9.15. The highest BCUT2D eigenvalue weighted by atomic mass is 79.9. The van der Waals surface area contributed by atoms with Crippen molar-refractivity contribution in [3.05, 3.63) is 94.5 Å². The molecule has 0 heterocycles. The van der Waals surface area contributed by atoms with E-state index in [4.69, 9.17) is 0 Å². The molecule has 2 amide bonds. The van der Waals surface area contributed by atoms with Gasteiger partial charge in [0.25, 0.3) is 10.0 Å². The van der Waals surface area contributed by atoms with E-state index in [-0.39, 0.29) is 23.4 Å². The number of halogens is 1. The van der Waals surface area contributed by atoms with E-state index in [1.165, 1.54) is 17.0 Å². The molecule has 1 N–H and O–H groups in total. The van der Waals surface area contributed by atoms with E-state index >= 15 is 0 Å². The van der Waals surface area contributed by atoms with Crippen LogP contribution in [0.1, 0.15) is 31.9 Å². The van der Waals surface area contributed by atoms with Crippen molar-refractivity contribution >= 4 is 43.5 Å². The van der Waals surface area contributed by atoms with E-state index in [1.54, 1.807) is 49.4 Å². The summed E-state index contributed by atoms with van der Waals surface area (Å²) in [6.45, 7) is 6.89. The third-order valence-corrected chi connectivity index (χ3v) is 8.11. The topological polar surface area (TPSA) is 86.8 Å². The summed E-state index contributed by atoms with van der Waals surface area (Å²) in [5.41, 5.74) is 2.10. The Bertz CT molecular complexity index is 1310. The Morgan fingerprint density at radius 2 is 1.49 bits per heavy atom. The maximum Gasteiger partial charge on any atom is 0.264 e. The third-order valence-electron chi connectivity index (χ3n) is 5.80. The molecular formula is C28H32BrN3O4S. The van der Waals surface area contributed by atoms with Gasteiger partial charge in [-0.2, -0.15) is 0 Å². The van der Waals surface area contributed by atoms with Gasteiger partial charge in [0.1, 0.15) is 12.6 Å². The molecule has 0 aromatic heterocycles. The van der Waals surface area contributed by atoms with Crippen LogP contribution in [-0.2, 0) is 26.2 Å². The fraction of sp³-hybridized carbons (Fsp3) is 0.286. The summed E-state index contributed by atoms with van der Waals surface area (Å²) in [6.07, 6.45) is 0. The number of anilines is 1. The maximum absolute atomic E-state index is 13.8. The number of carbonyl (C=O) groups excluding carboxylic acids is 2. The maximum atomic E-state index is 13.8. The van der Waals surface area contributed by atoms with Gasteiger partial charge in [-0.3, -0.25) is 13.9 Å². The third kappa shape index (κ3) is 7.42. The van der Waals surface area contributed by atoms with Crippen LogP contribution in [0.4, 0.5) is 5.69 Å². The Hall–Kier alpha value is -3.17. The van der Waals surface area contributed by atoms with Gasteiger partial charge in [-0.15, -0.1) is 0 Å². The Kier molecular flexibility index (Phi) is 9.50. The van der Waals surface area contributed by atoms with Crippen molar-refractivity contribution in [2.75, 3.05) is 10.8 Å². The van der Waals surface area contributed by atoms with Crippen molar-refractivity contribution in [2.24, 2.45) is 0 Å². The summed E-state index contributed by atoms with van der Waals surface area (Å²) in [4.78, 5) is 28.2. The van der Waals surface area contributed by atoms with Gasteiger partial charge in [-0.25, -0.2) is 8.42 Å². The van der Waals surface area contributed by atoms with E-state index in [9.17, 15) is 18.0 Å². The van der Waals surface area contributed by atoms with E-state index in [2.05, 4.69) is 21.2 Å². The van der Waals surface area contributed by atoms with Crippen LogP contribution < -0.4 is 9.62 Å². The molecule has 0 bridgehead atoms. The summed E-state index contributed by atoms with van der Waals surface area (Å²) in [6, 6.07) is 21.5. The van der Waals surface area contributed by atoms with Gasteiger partial charge in [0.05, 0.1) is 10.6 Å². The minimum atomic E-state index is -4.06. The largest absolute Gasteiger partial charge is 0.352 e. The number of sulfonamides is 1. The van der Waals surface area contributed by atoms with E-state index in [0.717, 1.165) is 19.9 Å². The summed E-state index contributed by atoms with van der Waals surface area (Å²) in [7, 11) is -4.06. The number of rotatable bonds is 10. The lowest BCUT2D eigenvalue weighted by Gasteiger charge is -2.32. The first-order valence-corrected chi connectivity index (χ1v) is 14.2. The van der Waals surface area contributed by atoms with Gasteiger partial charge < -0.3 is 10.2 Å². The van der Waals surface area contributed by atoms with Crippen molar-refractivity contribution in [2.45, 2.75) is 51.2 Å². The SMILES string of the molecule is Cc1ccc(S(=O)(=O)N(CC(=O)N(Cc2ccc(Br)cc2)[C@@H](C)C(=O)NC(C)C)c2ccccc2)cc1. The van der Waals surface area contributed by atoms with Crippen LogP contribution in [0, 0.1) is 6.92 Å². The first-order valence-electron chi connectivity index (χ1n) is 12.0. The first-order chi connectivity index (χ1) is 17.5. The first kappa shape index (κ1) is 28.4. The number of amides is 2. The molecule has 196 valence electrons. The van der Waals surface area contributed by atoms with Crippen molar-refractivity contribution < 1.29 is 18.0 Å². The second-order valence-corrected chi connectivity index (χ2v) is 11.9. The fourth-order valence-corrected chi connectivity index (χ4v) is 5.41. The van der Waals surface area contributed by atoms with Crippen LogP contribution in [0.5, 0.6) is 0 Å². The van der Waals surface area contributed by atoms with E-state index in [0.29, 0.717) is 5.69 Å². The van der Waals surface area contributed by atoms with Gasteiger partial charge >= 0.3 is 0 Å². The average Bonchev–Trinajstić information content (AvgIpc) is 2.86. The number of carbonyl (C=O) groups is 2. The molecule has 37 heavy (non-hydrogen) atoms. The summed E-state index contributed by atoms with van der Waals surface area (Å²) in [5, 5.41) is 2.85. The monoisotopic (exact) mass is 585 g/mol. The van der Waals surface area contributed by atoms with Crippen LogP contribution >= 0.6 is 15.9 Å². The number of nitrogens with one attached hydrogen (secondary N) is 1. The second kappa shape index (κ2) is 12.4. The van der Waals surface area contributed by atoms with Crippen molar-refractivity contribution in [3.63, 3.8) is 0 Å². The zero-order valence-electron chi connectivity index (χ0n) is 21.4. The molecule has 1 atom stereocenters. The lowest BCUT2D eigenvalue weighted by molar-refractivity contribution is -0.139. The van der Waals surface area contributed by atoms with Gasteiger partial charge in [0, 0.05) is 17.1 Å². The molecule has 0 spiro atoms. The molecule has 0 aliphatic carbocycles. The number of benzene rings is 3. The highest BCUT2D eigenvalue weighted by Gasteiger charge is 2.32. The summed E-state index contributed by atoms with van der Waals surface area (Å²) >= 11 is 3.41. The molecule has 0 aliphatic heterocycles. The van der Waals surface area contributed by atoms with Crippen LogP contribution in [0.2, 0.25) is 0 Å². The minimum Gasteiger partial charge on any atom is -0.352 e. The lowest BCUT2D eigenvalue weighted by atomic mass is 10.1. The fourth-order valence-electron chi connectivity index (χ4n) is 3.73. The molecule has 0 aliphatic rings. The van der Waals surface area contributed by atoms with Crippen LogP contribution in [0.3, 0.4) is 0 Å². The molecule has 0 saturated carbocycles. The molecular weight excluding hydrogens is 554 g/mol. The molecule has 9 heteroatoms. The quantitative estimate of drug-likeness (QED) is 0.367. The number of nitrogens with zero attached hydrogens (tertiary/aromatic N) is 2. The number of hydrogen-bond acceptors (Lipinski definition) is 4. The van der Waals surface area contributed by atoms with Gasteiger partial charge in [-0.1, -0.05) is 64.0 Å². The molecule has 3 aromatic carbocycles. The van der Waals surface area contributed by atoms with Gasteiger partial charge in [-0.05, 0) is 69.7 Å². The number of hydrogen-bond donors (Lipinski definition) is 1. The zero-order valence-corrected chi connectivity index (χ0v) is 23.8. The van der Waals surface area contributed by atoms with E-state index in [1.807, 2.05) is 45.0 Å². The summed E-state index contributed by atoms with van der Waals surface area (Å²) in [5.74, 6) is -0.804. The molecule has 7 nitrogen and oxygen atoms in total. The lowest BCUT2D eigenvalue weighted by Crippen LogP contribution is -2.52. The minimum absolute atomic E-state index is 0.0832. The van der Waals surface area contributed by atoms with E-state index < -0.39 is 28.5 Å². The van der Waals surface area contributed by atoms with Crippen molar-refractivity contribution in [3.8, 4) is 0 Å². The van der Waals surface area contributed by atoms with Gasteiger partial charge in [0.15, 0.2) is 0 Å². The smallest absolute Gasteiger partial charge is 0.264 e. The predicted molar refractivity (Wildman–Crippen MR) is 150 cm³/mol. The number of para-hydroxylation sites is 1. The Balaban J connectivity index is 1.99. The van der Waals surface area contributed by atoms with Crippen molar-refractivity contribution in [1.82, 2.24) is 10.2 Å².